The maximum atomic E-state index is 6.49. The number of halogens is 1. The second-order valence-corrected chi connectivity index (χ2v) is 13.5. The maximum absolute atomic E-state index is 6.49. The Morgan fingerprint density at radius 2 is 0.673 bits per heavy atom. The Morgan fingerprint density at radius 3 is 1.08 bits per heavy atom. The number of hydrogen-bond donors (Lipinski definition) is 2. The van der Waals surface area contributed by atoms with Crippen molar-refractivity contribution < 1.29 is 26.1 Å². The zero-order valence-electron chi connectivity index (χ0n) is 28.0. The number of anilines is 2. The quantitative estimate of drug-likeness (QED) is 0.0649. The molecular formula is C44H44BrN4+. The van der Waals surface area contributed by atoms with Crippen molar-refractivity contribution >= 4 is 76.3 Å². The minimum atomic E-state index is 0. The van der Waals surface area contributed by atoms with Gasteiger partial charge in [0.2, 0.25) is 11.0 Å². The smallest absolute Gasteiger partial charge is 0.213 e. The van der Waals surface area contributed by atoms with Gasteiger partial charge >= 0.3 is 0 Å². The fourth-order valence-electron chi connectivity index (χ4n) is 7.92. The second-order valence-electron chi connectivity index (χ2n) is 13.5. The van der Waals surface area contributed by atoms with Gasteiger partial charge < -0.3 is 28.4 Å². The number of pyridine rings is 2. The number of fused-ring (bicyclic) bond motifs is 10. The Kier molecular flexibility index (Phi) is 9.63. The predicted molar refractivity (Wildman–Crippen MR) is 204 cm³/mol. The summed E-state index contributed by atoms with van der Waals surface area (Å²) in [5, 5.41) is 12.3. The van der Waals surface area contributed by atoms with Crippen LogP contribution in [0.25, 0.3) is 64.9 Å². The summed E-state index contributed by atoms with van der Waals surface area (Å²) in [4.78, 5) is 0. The van der Waals surface area contributed by atoms with E-state index < -0.39 is 0 Å². The van der Waals surface area contributed by atoms with Gasteiger partial charge in [-0.15, -0.1) is 0 Å². The van der Waals surface area contributed by atoms with Crippen LogP contribution >= 0.6 is 0 Å². The average Bonchev–Trinajstić information content (AvgIpc) is 3.13. The third kappa shape index (κ3) is 6.28. The number of aryl methyl sites for hydroxylation is 2. The Labute approximate surface area is 298 Å². The average molecular weight is 709 g/mol. The zero-order chi connectivity index (χ0) is 32.5. The van der Waals surface area contributed by atoms with Crippen LogP contribution in [-0.4, -0.2) is 0 Å². The molecule has 2 heterocycles. The van der Waals surface area contributed by atoms with E-state index in [1.165, 1.54) is 105 Å². The number of nitrogens with zero attached hydrogens (tertiary/aromatic N) is 2. The summed E-state index contributed by atoms with van der Waals surface area (Å²) in [6, 6.07) is 38.9. The van der Waals surface area contributed by atoms with Gasteiger partial charge in [-0.2, -0.15) is 9.13 Å². The number of aromatic nitrogens is 2. The molecule has 8 rings (SSSR count). The van der Waals surface area contributed by atoms with Crippen LogP contribution in [0.1, 0.15) is 51.4 Å². The van der Waals surface area contributed by atoms with Crippen molar-refractivity contribution in [3.05, 3.63) is 122 Å². The highest BCUT2D eigenvalue weighted by Crippen LogP contribution is 2.34. The molecule has 0 unspecified atom stereocenters. The van der Waals surface area contributed by atoms with Crippen molar-refractivity contribution in [3.63, 3.8) is 0 Å². The van der Waals surface area contributed by atoms with E-state index in [0.29, 0.717) is 0 Å². The summed E-state index contributed by atoms with van der Waals surface area (Å²) in [5.41, 5.74) is 17.3. The molecule has 4 N–H and O–H groups in total. The molecule has 0 amide bonds. The van der Waals surface area contributed by atoms with Crippen LogP contribution in [-0.2, 0) is 13.1 Å². The summed E-state index contributed by atoms with van der Waals surface area (Å²) >= 11 is 0. The zero-order valence-corrected chi connectivity index (χ0v) is 29.6. The molecule has 0 aliphatic heterocycles. The van der Waals surface area contributed by atoms with Crippen LogP contribution in [0, 0.1) is 0 Å². The molecule has 0 bridgehead atoms. The number of hydrogen-bond acceptors (Lipinski definition) is 2. The van der Waals surface area contributed by atoms with Gasteiger partial charge in [-0.3, -0.25) is 0 Å². The summed E-state index contributed by atoms with van der Waals surface area (Å²) < 4.78 is 4.93. The third-order valence-corrected chi connectivity index (χ3v) is 10.4. The van der Waals surface area contributed by atoms with Gasteiger partial charge in [0, 0.05) is 57.9 Å². The number of rotatable bonds is 11. The number of para-hydroxylation sites is 2. The molecule has 4 nitrogen and oxygen atoms in total. The van der Waals surface area contributed by atoms with Crippen molar-refractivity contribution in [2.75, 3.05) is 11.5 Å². The molecule has 8 aromatic rings. The van der Waals surface area contributed by atoms with E-state index in [-0.39, 0.29) is 17.0 Å². The van der Waals surface area contributed by atoms with Crippen molar-refractivity contribution in [1.29, 1.82) is 0 Å². The fourth-order valence-corrected chi connectivity index (χ4v) is 7.92. The molecule has 0 aliphatic rings. The minimum absolute atomic E-state index is 0. The Balaban J connectivity index is 0.00000378. The normalized spacial score (nSPS) is 11.7. The first-order valence-corrected chi connectivity index (χ1v) is 17.7. The molecule has 5 heteroatoms. The van der Waals surface area contributed by atoms with Gasteiger partial charge in [0.25, 0.3) is 0 Å². The molecule has 0 atom stereocenters. The van der Waals surface area contributed by atoms with E-state index in [1.54, 1.807) is 0 Å². The third-order valence-electron chi connectivity index (χ3n) is 10.4. The molecule has 0 radical (unpaired) electrons. The lowest BCUT2D eigenvalue weighted by Crippen LogP contribution is -3.00. The van der Waals surface area contributed by atoms with Gasteiger partial charge in [-0.1, -0.05) is 98.5 Å². The highest BCUT2D eigenvalue weighted by Gasteiger charge is 2.17. The Hall–Kier alpha value is -4.74. The first-order valence-electron chi connectivity index (χ1n) is 17.7. The van der Waals surface area contributed by atoms with Gasteiger partial charge in [-0.25, -0.2) is 0 Å². The molecule has 6 aromatic carbocycles. The predicted octanol–water partition coefficient (Wildman–Crippen LogP) is 7.17. The second kappa shape index (κ2) is 14.4. The molecule has 0 saturated heterocycles. The minimum Gasteiger partial charge on any atom is -1.00 e. The number of benzene rings is 6. The van der Waals surface area contributed by atoms with Gasteiger partial charge in [0.05, 0.1) is 21.5 Å². The standard InChI is InChI=1S/C44H42N4.BrH/c45-41-27-37-35-21-11-13-23-43(35)47(29-39(37)31-17-7-9-19-33(31)41)25-15-5-3-1-2-4-6-16-26-48-30-40-32-18-8-10-20-34(32)42(46)28-38(40)36-22-12-14-24-44(36)48;/h7-14,17-24,27-30,45-46H,1-6,15-16,25-26H2;1H/p+1. The van der Waals surface area contributed by atoms with Crippen LogP contribution in [0.3, 0.4) is 0 Å². The molecule has 0 saturated carbocycles. The van der Waals surface area contributed by atoms with E-state index in [1.807, 2.05) is 0 Å². The Bertz CT molecular complexity index is 2280. The molecule has 2 aromatic heterocycles. The first kappa shape index (κ1) is 32.8. The monoisotopic (exact) mass is 707 g/mol. The number of nitrogen functional groups attached to an aromatic ring is 2. The van der Waals surface area contributed by atoms with E-state index in [4.69, 9.17) is 11.5 Å². The summed E-state index contributed by atoms with van der Waals surface area (Å²) in [7, 11) is 0. The van der Waals surface area contributed by atoms with E-state index >= 15 is 0 Å². The van der Waals surface area contributed by atoms with Crippen LogP contribution in [0.4, 0.5) is 11.4 Å². The number of nitrogens with two attached hydrogens (primary N) is 2. The summed E-state index contributed by atoms with van der Waals surface area (Å²) in [5.74, 6) is 0. The SMILES string of the molecule is Nc1cc2c(c[n+](CCCCCCCCCC[n+]3cc4c5ccccc5c(N)cc4c4ccccc43)c3ccccc23)c2ccccc12.[Br-]. The lowest BCUT2D eigenvalue weighted by atomic mass is 9.98. The Morgan fingerprint density at radius 1 is 0.347 bits per heavy atom. The van der Waals surface area contributed by atoms with Crippen LogP contribution in [0.5, 0.6) is 0 Å². The molecular weight excluding hydrogens is 664 g/mol. The van der Waals surface area contributed by atoms with Gasteiger partial charge in [0.1, 0.15) is 13.1 Å². The van der Waals surface area contributed by atoms with Crippen LogP contribution < -0.4 is 37.6 Å². The van der Waals surface area contributed by atoms with E-state index in [9.17, 15) is 0 Å². The van der Waals surface area contributed by atoms with Crippen molar-refractivity contribution in [1.82, 2.24) is 0 Å². The summed E-state index contributed by atoms with van der Waals surface area (Å²) in [6.07, 6.45) is 14.8. The van der Waals surface area contributed by atoms with Gasteiger partial charge in [0.15, 0.2) is 12.4 Å². The topological polar surface area (TPSA) is 59.8 Å². The molecule has 246 valence electrons. The highest BCUT2D eigenvalue weighted by molar-refractivity contribution is 6.19. The molecule has 0 fully saturated rings. The lowest BCUT2D eigenvalue weighted by Gasteiger charge is -2.10. The van der Waals surface area contributed by atoms with E-state index in [0.717, 1.165) is 35.2 Å². The summed E-state index contributed by atoms with van der Waals surface area (Å²) in [6.45, 7) is 2.07. The fraction of sp³-hybridized carbons (Fsp3) is 0.227. The maximum Gasteiger partial charge on any atom is 0.213 e. The van der Waals surface area contributed by atoms with Crippen molar-refractivity contribution in [2.45, 2.75) is 64.5 Å². The van der Waals surface area contributed by atoms with Crippen molar-refractivity contribution in [2.24, 2.45) is 0 Å². The van der Waals surface area contributed by atoms with E-state index in [2.05, 4.69) is 131 Å². The largest absolute Gasteiger partial charge is 1.00 e. The highest BCUT2D eigenvalue weighted by atomic mass is 79.9. The lowest BCUT2D eigenvalue weighted by molar-refractivity contribution is -0.670. The van der Waals surface area contributed by atoms with Crippen LogP contribution in [0.2, 0.25) is 0 Å². The first-order chi connectivity index (χ1) is 23.7. The molecule has 0 aliphatic carbocycles. The van der Waals surface area contributed by atoms with Crippen molar-refractivity contribution in [3.8, 4) is 0 Å². The molecule has 0 spiro atoms. The number of unbranched alkanes of at least 4 members (excludes halogenated alkanes) is 7. The van der Waals surface area contributed by atoms with Crippen LogP contribution in [0.15, 0.2) is 122 Å². The van der Waals surface area contributed by atoms with Gasteiger partial charge in [-0.05, 0) is 47.9 Å². The molecule has 49 heavy (non-hydrogen) atoms.